The molecule has 0 aliphatic rings. The molecule has 0 saturated heterocycles. The highest BCUT2D eigenvalue weighted by molar-refractivity contribution is 5.71. The van der Waals surface area contributed by atoms with Gasteiger partial charge < -0.3 is 5.11 Å². The Bertz CT molecular complexity index is 588. The van der Waals surface area contributed by atoms with Crippen molar-refractivity contribution in [3.8, 4) is 16.9 Å². The van der Waals surface area contributed by atoms with Crippen LogP contribution in [-0.4, -0.2) is 5.11 Å². The molecule has 2 aromatic carbocycles. The minimum Gasteiger partial charge on any atom is -0.507 e. The lowest BCUT2D eigenvalue weighted by Gasteiger charge is -2.11. The van der Waals surface area contributed by atoms with Gasteiger partial charge in [-0.1, -0.05) is 31.2 Å². The van der Waals surface area contributed by atoms with Crippen LogP contribution >= 0.6 is 0 Å². The van der Waals surface area contributed by atoms with E-state index >= 15 is 0 Å². The van der Waals surface area contributed by atoms with Gasteiger partial charge in [0.15, 0.2) is 0 Å². The van der Waals surface area contributed by atoms with Crippen molar-refractivity contribution in [2.45, 2.75) is 19.5 Å². The minimum absolute atomic E-state index is 0.152. The summed E-state index contributed by atoms with van der Waals surface area (Å²) in [4.78, 5) is 0. The molecule has 2 aromatic rings. The highest BCUT2D eigenvalue weighted by atomic mass is 19.4. The largest absolute Gasteiger partial charge is 0.507 e. The molecule has 0 aromatic heterocycles. The molecular formula is C15H13F3O. The van der Waals surface area contributed by atoms with Gasteiger partial charge >= 0.3 is 6.18 Å². The second-order valence-corrected chi connectivity index (χ2v) is 4.28. The van der Waals surface area contributed by atoms with Gasteiger partial charge in [0, 0.05) is 5.56 Å². The van der Waals surface area contributed by atoms with Crippen molar-refractivity contribution in [2.75, 3.05) is 0 Å². The molecule has 0 aliphatic carbocycles. The Hall–Kier alpha value is -1.97. The molecule has 0 fully saturated rings. The normalized spacial score (nSPS) is 11.6. The van der Waals surface area contributed by atoms with E-state index in [0.717, 1.165) is 30.2 Å². The predicted molar refractivity (Wildman–Crippen MR) is 67.9 cm³/mol. The average Bonchev–Trinajstić information content (AvgIpc) is 2.38. The molecule has 0 bridgehead atoms. The lowest BCUT2D eigenvalue weighted by molar-refractivity contribution is -0.137. The van der Waals surface area contributed by atoms with E-state index in [9.17, 15) is 18.3 Å². The van der Waals surface area contributed by atoms with E-state index in [2.05, 4.69) is 0 Å². The summed E-state index contributed by atoms with van der Waals surface area (Å²) >= 11 is 0. The molecule has 0 aliphatic heterocycles. The van der Waals surface area contributed by atoms with E-state index in [0.29, 0.717) is 5.56 Å². The first kappa shape index (κ1) is 13.5. The standard InChI is InChI=1S/C15H13F3O/c1-2-10-4-3-5-11(8-10)13-9-12(15(16,17)18)6-7-14(13)19/h3-9,19H,2H2,1H3. The van der Waals surface area contributed by atoms with Crippen LogP contribution in [0.2, 0.25) is 0 Å². The number of phenols is 1. The SMILES string of the molecule is CCc1cccc(-c2cc(C(F)(F)F)ccc2O)c1. The Kier molecular flexibility index (Phi) is 3.51. The topological polar surface area (TPSA) is 20.2 Å². The Balaban J connectivity index is 2.54. The highest BCUT2D eigenvalue weighted by Crippen LogP contribution is 2.36. The second-order valence-electron chi connectivity index (χ2n) is 4.28. The summed E-state index contributed by atoms with van der Waals surface area (Å²) in [6.45, 7) is 1.96. The van der Waals surface area contributed by atoms with Crippen LogP contribution in [0.3, 0.4) is 0 Å². The first-order chi connectivity index (χ1) is 8.91. The molecule has 1 nitrogen and oxygen atoms in total. The number of hydrogen-bond donors (Lipinski definition) is 1. The van der Waals surface area contributed by atoms with Gasteiger partial charge in [-0.15, -0.1) is 0 Å². The first-order valence-corrected chi connectivity index (χ1v) is 5.91. The number of hydrogen-bond acceptors (Lipinski definition) is 1. The summed E-state index contributed by atoms with van der Waals surface area (Å²) < 4.78 is 38.0. The molecule has 0 atom stereocenters. The smallest absolute Gasteiger partial charge is 0.416 e. The molecule has 2 rings (SSSR count). The van der Waals surface area contributed by atoms with Crippen LogP contribution in [0.5, 0.6) is 5.75 Å². The van der Waals surface area contributed by atoms with Gasteiger partial charge in [0.1, 0.15) is 5.75 Å². The Morgan fingerprint density at radius 2 is 1.79 bits per heavy atom. The maximum atomic E-state index is 12.7. The summed E-state index contributed by atoms with van der Waals surface area (Å²) in [5.41, 5.74) is 1.03. The number of alkyl halides is 3. The van der Waals surface area contributed by atoms with Crippen molar-refractivity contribution < 1.29 is 18.3 Å². The Morgan fingerprint density at radius 1 is 1.05 bits per heavy atom. The zero-order chi connectivity index (χ0) is 14.0. The van der Waals surface area contributed by atoms with Gasteiger partial charge in [0.05, 0.1) is 5.56 Å². The van der Waals surface area contributed by atoms with Crippen LogP contribution in [-0.2, 0) is 12.6 Å². The van der Waals surface area contributed by atoms with E-state index in [1.807, 2.05) is 13.0 Å². The molecule has 0 radical (unpaired) electrons. The predicted octanol–water partition coefficient (Wildman–Crippen LogP) is 4.64. The maximum absolute atomic E-state index is 12.7. The van der Waals surface area contributed by atoms with Crippen molar-refractivity contribution in [3.63, 3.8) is 0 Å². The zero-order valence-electron chi connectivity index (χ0n) is 10.3. The van der Waals surface area contributed by atoms with Crippen LogP contribution in [0.4, 0.5) is 13.2 Å². The third-order valence-corrected chi connectivity index (χ3v) is 2.97. The quantitative estimate of drug-likeness (QED) is 0.839. The summed E-state index contributed by atoms with van der Waals surface area (Å²) in [7, 11) is 0. The summed E-state index contributed by atoms with van der Waals surface area (Å²) in [5, 5.41) is 9.75. The van der Waals surface area contributed by atoms with Crippen molar-refractivity contribution >= 4 is 0 Å². The number of aryl methyl sites for hydroxylation is 1. The van der Waals surface area contributed by atoms with Crippen LogP contribution in [0.15, 0.2) is 42.5 Å². The molecule has 1 N–H and O–H groups in total. The van der Waals surface area contributed by atoms with Crippen LogP contribution in [0, 0.1) is 0 Å². The fourth-order valence-corrected chi connectivity index (χ4v) is 1.90. The molecule has 19 heavy (non-hydrogen) atoms. The molecule has 0 saturated carbocycles. The number of phenolic OH excluding ortho intramolecular Hbond substituents is 1. The van der Waals surface area contributed by atoms with Gasteiger partial charge in [-0.25, -0.2) is 0 Å². The lowest BCUT2D eigenvalue weighted by atomic mass is 9.99. The monoisotopic (exact) mass is 266 g/mol. The van der Waals surface area contributed by atoms with Crippen LogP contribution < -0.4 is 0 Å². The summed E-state index contributed by atoms with van der Waals surface area (Å²) in [5.74, 6) is -0.152. The average molecular weight is 266 g/mol. The molecule has 0 heterocycles. The van der Waals surface area contributed by atoms with E-state index in [-0.39, 0.29) is 11.3 Å². The van der Waals surface area contributed by atoms with Crippen LogP contribution in [0.1, 0.15) is 18.1 Å². The number of halogens is 3. The molecule has 0 unspecified atom stereocenters. The molecule has 0 spiro atoms. The van der Waals surface area contributed by atoms with E-state index in [4.69, 9.17) is 0 Å². The summed E-state index contributed by atoms with van der Waals surface area (Å²) in [6.07, 6.45) is -3.63. The van der Waals surface area contributed by atoms with E-state index in [1.165, 1.54) is 0 Å². The zero-order valence-corrected chi connectivity index (χ0v) is 10.3. The van der Waals surface area contributed by atoms with Gasteiger partial charge in [0.2, 0.25) is 0 Å². The maximum Gasteiger partial charge on any atom is 0.416 e. The van der Waals surface area contributed by atoms with Crippen molar-refractivity contribution in [3.05, 3.63) is 53.6 Å². The van der Waals surface area contributed by atoms with Gasteiger partial charge in [-0.05, 0) is 35.7 Å². The fraction of sp³-hybridized carbons (Fsp3) is 0.200. The van der Waals surface area contributed by atoms with E-state index in [1.54, 1.807) is 18.2 Å². The minimum atomic E-state index is -4.41. The molecule has 100 valence electrons. The first-order valence-electron chi connectivity index (χ1n) is 5.91. The van der Waals surface area contributed by atoms with Crippen molar-refractivity contribution in [1.29, 1.82) is 0 Å². The lowest BCUT2D eigenvalue weighted by Crippen LogP contribution is -2.04. The van der Waals surface area contributed by atoms with Gasteiger partial charge in [0.25, 0.3) is 0 Å². The molecule has 0 amide bonds. The van der Waals surface area contributed by atoms with Crippen molar-refractivity contribution in [2.24, 2.45) is 0 Å². The van der Waals surface area contributed by atoms with Gasteiger partial charge in [-0.3, -0.25) is 0 Å². The third kappa shape index (κ3) is 2.89. The van der Waals surface area contributed by atoms with Crippen LogP contribution in [0.25, 0.3) is 11.1 Å². The number of rotatable bonds is 2. The molecular weight excluding hydrogens is 253 g/mol. The molecule has 4 heteroatoms. The Morgan fingerprint density at radius 3 is 2.42 bits per heavy atom. The van der Waals surface area contributed by atoms with Crippen molar-refractivity contribution in [1.82, 2.24) is 0 Å². The Labute approximate surface area is 109 Å². The third-order valence-electron chi connectivity index (χ3n) is 2.97. The summed E-state index contributed by atoms with van der Waals surface area (Å²) in [6, 6.07) is 10.1. The van der Waals surface area contributed by atoms with E-state index < -0.39 is 11.7 Å². The number of aromatic hydroxyl groups is 1. The number of benzene rings is 2. The van der Waals surface area contributed by atoms with Gasteiger partial charge in [-0.2, -0.15) is 13.2 Å². The fourth-order valence-electron chi connectivity index (χ4n) is 1.90. The highest BCUT2D eigenvalue weighted by Gasteiger charge is 2.31. The second kappa shape index (κ2) is 4.96.